The molecule has 0 aromatic carbocycles. The van der Waals surface area contributed by atoms with Crippen molar-refractivity contribution in [2.75, 3.05) is 0 Å². The topological polar surface area (TPSA) is 63.6 Å². The minimum absolute atomic E-state index is 0.00510. The highest BCUT2D eigenvalue weighted by Crippen LogP contribution is 2.67. The van der Waals surface area contributed by atoms with Crippen molar-refractivity contribution in [1.29, 1.82) is 0 Å². The molecular weight excluding hydrogens is 328 g/mol. The molecule has 0 aliphatic heterocycles. The van der Waals surface area contributed by atoms with E-state index in [4.69, 9.17) is 4.74 Å². The minimum Gasteiger partial charge on any atom is -0.481 e. The van der Waals surface area contributed by atoms with Gasteiger partial charge in [-0.2, -0.15) is 0 Å². The van der Waals surface area contributed by atoms with Crippen molar-refractivity contribution in [3.8, 4) is 0 Å². The summed E-state index contributed by atoms with van der Waals surface area (Å²) in [5.41, 5.74) is 0.355. The fourth-order valence-electron chi connectivity index (χ4n) is 7.97. The second-order valence-electron chi connectivity index (χ2n) is 10.2. The maximum absolute atomic E-state index is 11.8. The van der Waals surface area contributed by atoms with Crippen LogP contribution in [0.3, 0.4) is 0 Å². The van der Waals surface area contributed by atoms with Crippen LogP contribution in [-0.2, 0) is 14.3 Å². The summed E-state index contributed by atoms with van der Waals surface area (Å²) in [5, 5.41) is 9.71. The Morgan fingerprint density at radius 1 is 0.923 bits per heavy atom. The standard InChI is InChI=1S/C22H34O4/c1-13(23)26-15-8-10-21(2)14(12-15)4-5-16-17-6-7-19(20(24)25)22(17,3)11-9-18(16)21/h14-19H,4-12H2,1-3H3,(H,24,25)/t14-,15-,16+,17-,18+,19-,21-,22-/m0/s1. The van der Waals surface area contributed by atoms with Gasteiger partial charge in [-0.25, -0.2) is 0 Å². The molecule has 0 bridgehead atoms. The molecule has 4 aliphatic rings. The van der Waals surface area contributed by atoms with Crippen LogP contribution < -0.4 is 0 Å². The Kier molecular flexibility index (Phi) is 4.39. The third-order valence-corrected chi connectivity index (χ3v) is 9.25. The maximum atomic E-state index is 11.8. The van der Waals surface area contributed by atoms with Crippen LogP contribution in [0.2, 0.25) is 0 Å². The Morgan fingerprint density at radius 2 is 1.62 bits per heavy atom. The second kappa shape index (κ2) is 6.24. The highest BCUT2D eigenvalue weighted by molar-refractivity contribution is 5.71. The van der Waals surface area contributed by atoms with Gasteiger partial charge in [-0.3, -0.25) is 9.59 Å². The van der Waals surface area contributed by atoms with E-state index >= 15 is 0 Å². The Balaban J connectivity index is 1.54. The van der Waals surface area contributed by atoms with Crippen molar-refractivity contribution in [2.45, 2.75) is 84.7 Å². The molecule has 0 heterocycles. The number of aliphatic carboxylic acids is 1. The SMILES string of the molecule is CC(=O)O[C@H]1CC[C@@]2(C)[C@@H](CC[C@H]3[C@H]2CC[C@]2(C)[C@H](C(=O)O)CC[C@@H]32)C1. The van der Waals surface area contributed by atoms with Crippen LogP contribution in [0.25, 0.3) is 0 Å². The molecule has 0 unspecified atom stereocenters. The Bertz CT molecular complexity index is 601. The smallest absolute Gasteiger partial charge is 0.307 e. The van der Waals surface area contributed by atoms with Crippen LogP contribution in [-0.4, -0.2) is 23.1 Å². The molecule has 0 aromatic heterocycles. The van der Waals surface area contributed by atoms with Gasteiger partial charge in [-0.1, -0.05) is 13.8 Å². The fraction of sp³-hybridized carbons (Fsp3) is 0.909. The first-order chi connectivity index (χ1) is 12.3. The number of fused-ring (bicyclic) bond motifs is 5. The van der Waals surface area contributed by atoms with Gasteiger partial charge in [0, 0.05) is 6.92 Å². The van der Waals surface area contributed by atoms with Crippen molar-refractivity contribution in [2.24, 2.45) is 40.4 Å². The van der Waals surface area contributed by atoms with E-state index in [9.17, 15) is 14.7 Å². The third kappa shape index (κ3) is 2.62. The van der Waals surface area contributed by atoms with Gasteiger partial charge in [0.2, 0.25) is 0 Å². The van der Waals surface area contributed by atoms with Crippen LogP contribution in [0.5, 0.6) is 0 Å². The molecule has 0 spiro atoms. The van der Waals surface area contributed by atoms with Crippen molar-refractivity contribution < 1.29 is 19.4 Å². The molecule has 146 valence electrons. The van der Waals surface area contributed by atoms with E-state index < -0.39 is 5.97 Å². The van der Waals surface area contributed by atoms with Crippen molar-refractivity contribution >= 4 is 11.9 Å². The lowest BCUT2D eigenvalue weighted by atomic mass is 9.44. The van der Waals surface area contributed by atoms with Gasteiger partial charge in [0.05, 0.1) is 5.92 Å². The van der Waals surface area contributed by atoms with E-state index in [2.05, 4.69) is 13.8 Å². The first-order valence-corrected chi connectivity index (χ1v) is 10.7. The molecule has 4 aliphatic carbocycles. The van der Waals surface area contributed by atoms with Crippen molar-refractivity contribution in [3.63, 3.8) is 0 Å². The molecule has 1 N–H and O–H groups in total. The quantitative estimate of drug-likeness (QED) is 0.726. The largest absolute Gasteiger partial charge is 0.481 e. The second-order valence-corrected chi connectivity index (χ2v) is 10.2. The van der Waals surface area contributed by atoms with Crippen LogP contribution in [0.15, 0.2) is 0 Å². The van der Waals surface area contributed by atoms with Gasteiger partial charge >= 0.3 is 11.9 Å². The van der Waals surface area contributed by atoms with E-state index in [0.717, 1.165) is 44.4 Å². The summed E-state index contributed by atoms with van der Waals surface area (Å²) in [4.78, 5) is 23.2. The summed E-state index contributed by atoms with van der Waals surface area (Å²) in [7, 11) is 0. The molecule has 4 heteroatoms. The first-order valence-electron chi connectivity index (χ1n) is 10.7. The van der Waals surface area contributed by atoms with E-state index in [1.807, 2.05) is 0 Å². The molecule has 26 heavy (non-hydrogen) atoms. The molecule has 8 atom stereocenters. The maximum Gasteiger partial charge on any atom is 0.307 e. The first kappa shape index (κ1) is 18.3. The number of carboxylic acid groups (broad SMARTS) is 1. The molecule has 4 nitrogen and oxygen atoms in total. The molecule has 0 radical (unpaired) electrons. The number of carbonyl (C=O) groups excluding carboxylic acids is 1. The number of esters is 1. The number of carboxylic acids is 1. The lowest BCUT2D eigenvalue weighted by molar-refractivity contribution is -0.163. The van der Waals surface area contributed by atoms with Crippen molar-refractivity contribution in [3.05, 3.63) is 0 Å². The number of carbonyl (C=O) groups is 2. The molecule has 0 aromatic rings. The van der Waals surface area contributed by atoms with Crippen LogP contribution >= 0.6 is 0 Å². The lowest BCUT2D eigenvalue weighted by Crippen LogP contribution is -2.54. The van der Waals surface area contributed by atoms with Gasteiger partial charge in [0.1, 0.15) is 6.10 Å². The highest BCUT2D eigenvalue weighted by Gasteiger charge is 2.61. The molecule has 4 rings (SSSR count). The van der Waals surface area contributed by atoms with Gasteiger partial charge in [0.15, 0.2) is 0 Å². The van der Waals surface area contributed by atoms with Gasteiger partial charge in [-0.15, -0.1) is 0 Å². The normalized spacial score (nSPS) is 50.3. The number of rotatable bonds is 2. The fourth-order valence-corrected chi connectivity index (χ4v) is 7.97. The van der Waals surface area contributed by atoms with E-state index in [-0.39, 0.29) is 23.4 Å². The van der Waals surface area contributed by atoms with Gasteiger partial charge < -0.3 is 9.84 Å². The summed E-state index contributed by atoms with van der Waals surface area (Å²) in [6.07, 6.45) is 9.98. The molecule has 0 amide bonds. The van der Waals surface area contributed by atoms with Crippen molar-refractivity contribution in [1.82, 2.24) is 0 Å². The van der Waals surface area contributed by atoms with Crippen LogP contribution in [0.1, 0.15) is 78.6 Å². The van der Waals surface area contributed by atoms with E-state index in [1.165, 1.54) is 26.2 Å². The van der Waals surface area contributed by atoms with Crippen LogP contribution in [0, 0.1) is 40.4 Å². The molecule has 0 saturated heterocycles. The highest BCUT2D eigenvalue weighted by atomic mass is 16.5. The predicted molar refractivity (Wildman–Crippen MR) is 98.4 cm³/mol. The van der Waals surface area contributed by atoms with Gasteiger partial charge in [-0.05, 0) is 92.3 Å². The average Bonchev–Trinajstić information content (AvgIpc) is 2.92. The Labute approximate surface area is 157 Å². The molecule has 4 fully saturated rings. The summed E-state index contributed by atoms with van der Waals surface area (Å²) in [6, 6.07) is 0. The third-order valence-electron chi connectivity index (χ3n) is 9.25. The summed E-state index contributed by atoms with van der Waals surface area (Å²) >= 11 is 0. The molecular formula is C22H34O4. The van der Waals surface area contributed by atoms with Crippen LogP contribution in [0.4, 0.5) is 0 Å². The zero-order chi connectivity index (χ0) is 18.7. The number of hydrogen-bond donors (Lipinski definition) is 1. The average molecular weight is 363 g/mol. The van der Waals surface area contributed by atoms with Gasteiger partial charge in [0.25, 0.3) is 0 Å². The summed E-state index contributed by atoms with van der Waals surface area (Å²) < 4.78 is 5.54. The summed E-state index contributed by atoms with van der Waals surface area (Å²) in [5.74, 6) is 1.81. The van der Waals surface area contributed by atoms with E-state index in [0.29, 0.717) is 23.2 Å². The monoisotopic (exact) mass is 362 g/mol. The molecule has 4 saturated carbocycles. The Morgan fingerprint density at radius 3 is 2.31 bits per heavy atom. The summed E-state index contributed by atoms with van der Waals surface area (Å²) in [6.45, 7) is 6.28. The zero-order valence-corrected chi connectivity index (χ0v) is 16.5. The number of ether oxygens (including phenoxy) is 1. The minimum atomic E-state index is -0.574. The predicted octanol–water partition coefficient (Wildman–Crippen LogP) is 4.66. The Hall–Kier alpha value is -1.06. The number of hydrogen-bond acceptors (Lipinski definition) is 3. The van der Waals surface area contributed by atoms with E-state index in [1.54, 1.807) is 0 Å². The zero-order valence-electron chi connectivity index (χ0n) is 16.5. The lowest BCUT2D eigenvalue weighted by Gasteiger charge is -2.60.